The van der Waals surface area contributed by atoms with E-state index in [-0.39, 0.29) is 0 Å². The molecule has 1 aliphatic rings. The van der Waals surface area contributed by atoms with E-state index in [1.807, 2.05) is 18.2 Å². The van der Waals surface area contributed by atoms with E-state index in [2.05, 4.69) is 21.2 Å². The molecule has 0 aliphatic carbocycles. The van der Waals surface area contributed by atoms with Crippen molar-refractivity contribution in [2.24, 2.45) is 0 Å². The molecular formula is C10H13BrN2O. The predicted octanol–water partition coefficient (Wildman–Crippen LogP) is 1.69. The molecule has 1 fully saturated rings. The first kappa shape index (κ1) is 9.96. The lowest BCUT2D eigenvalue weighted by Gasteiger charge is -2.24. The quantitative estimate of drug-likeness (QED) is 0.753. The zero-order valence-corrected chi connectivity index (χ0v) is 9.38. The molecule has 4 heteroatoms. The summed E-state index contributed by atoms with van der Waals surface area (Å²) in [6.45, 7) is 2.44. The monoisotopic (exact) mass is 256 g/mol. The van der Waals surface area contributed by atoms with Crippen LogP contribution in [0.1, 0.15) is 11.6 Å². The van der Waals surface area contributed by atoms with Crippen LogP contribution in [0.25, 0.3) is 0 Å². The van der Waals surface area contributed by atoms with Gasteiger partial charge in [0.15, 0.2) is 0 Å². The molecule has 0 spiro atoms. The van der Waals surface area contributed by atoms with Gasteiger partial charge in [-0.1, -0.05) is 6.07 Å². The molecular weight excluding hydrogens is 244 g/mol. The number of morpholine rings is 1. The van der Waals surface area contributed by atoms with Crippen molar-refractivity contribution in [1.29, 1.82) is 0 Å². The van der Waals surface area contributed by atoms with Crippen molar-refractivity contribution in [3.63, 3.8) is 0 Å². The van der Waals surface area contributed by atoms with Crippen molar-refractivity contribution in [2.75, 3.05) is 25.5 Å². The van der Waals surface area contributed by atoms with Crippen LogP contribution in [0.5, 0.6) is 0 Å². The molecule has 0 bridgehead atoms. The van der Waals surface area contributed by atoms with Gasteiger partial charge in [-0.15, -0.1) is 0 Å². The molecule has 0 radical (unpaired) electrons. The average Bonchev–Trinajstić information content (AvgIpc) is 2.23. The van der Waals surface area contributed by atoms with Crippen LogP contribution in [0.15, 0.2) is 22.7 Å². The highest BCUT2D eigenvalue weighted by Gasteiger charge is 2.15. The first-order valence-corrected chi connectivity index (χ1v) is 5.43. The summed E-state index contributed by atoms with van der Waals surface area (Å²) in [4.78, 5) is 0. The van der Waals surface area contributed by atoms with Crippen molar-refractivity contribution >= 4 is 21.6 Å². The highest BCUT2D eigenvalue weighted by Crippen LogP contribution is 2.24. The average molecular weight is 257 g/mol. The topological polar surface area (TPSA) is 47.3 Å². The lowest BCUT2D eigenvalue weighted by molar-refractivity contribution is 0.0769. The van der Waals surface area contributed by atoms with E-state index < -0.39 is 0 Å². The lowest BCUT2D eigenvalue weighted by Crippen LogP contribution is -2.34. The van der Waals surface area contributed by atoms with Gasteiger partial charge >= 0.3 is 0 Å². The Morgan fingerprint density at radius 3 is 3.00 bits per heavy atom. The summed E-state index contributed by atoms with van der Waals surface area (Å²) in [5.74, 6) is 0. The first-order valence-electron chi connectivity index (χ1n) is 4.63. The van der Waals surface area contributed by atoms with E-state index in [1.54, 1.807) is 0 Å². The Hall–Kier alpha value is -0.580. The Balaban J connectivity index is 2.18. The van der Waals surface area contributed by atoms with Crippen LogP contribution in [-0.2, 0) is 4.74 Å². The van der Waals surface area contributed by atoms with Crippen LogP contribution < -0.4 is 11.1 Å². The van der Waals surface area contributed by atoms with Gasteiger partial charge in [-0.05, 0) is 33.6 Å². The van der Waals surface area contributed by atoms with Gasteiger partial charge in [-0.3, -0.25) is 0 Å². The zero-order chi connectivity index (χ0) is 9.97. The van der Waals surface area contributed by atoms with E-state index in [0.29, 0.717) is 6.04 Å². The summed E-state index contributed by atoms with van der Waals surface area (Å²) >= 11 is 3.42. The molecule has 0 amide bonds. The minimum absolute atomic E-state index is 0.292. The number of ether oxygens (including phenoxy) is 1. The number of halogens is 1. The second kappa shape index (κ2) is 4.29. The molecule has 14 heavy (non-hydrogen) atoms. The largest absolute Gasteiger partial charge is 0.398 e. The summed E-state index contributed by atoms with van der Waals surface area (Å²) in [5.41, 5.74) is 7.70. The maximum atomic E-state index is 5.72. The number of hydrogen-bond acceptors (Lipinski definition) is 3. The van der Waals surface area contributed by atoms with E-state index >= 15 is 0 Å². The molecule has 3 nitrogen and oxygen atoms in total. The van der Waals surface area contributed by atoms with Crippen LogP contribution in [0.4, 0.5) is 5.69 Å². The van der Waals surface area contributed by atoms with Crippen LogP contribution in [0.3, 0.4) is 0 Å². The van der Waals surface area contributed by atoms with E-state index in [4.69, 9.17) is 10.5 Å². The van der Waals surface area contributed by atoms with E-state index in [1.165, 1.54) is 5.56 Å². The fraction of sp³-hybridized carbons (Fsp3) is 0.400. The van der Waals surface area contributed by atoms with Gasteiger partial charge in [0, 0.05) is 16.7 Å². The van der Waals surface area contributed by atoms with Crippen LogP contribution in [-0.4, -0.2) is 19.8 Å². The molecule has 1 saturated heterocycles. The number of nitrogens with two attached hydrogens (primary N) is 1. The Kier molecular flexibility index (Phi) is 3.05. The van der Waals surface area contributed by atoms with Crippen molar-refractivity contribution in [1.82, 2.24) is 5.32 Å². The Morgan fingerprint density at radius 1 is 1.50 bits per heavy atom. The van der Waals surface area contributed by atoms with E-state index in [0.717, 1.165) is 29.9 Å². The third kappa shape index (κ3) is 2.08. The summed E-state index contributed by atoms with van der Waals surface area (Å²) in [7, 11) is 0. The smallest absolute Gasteiger partial charge is 0.0662 e. The van der Waals surface area contributed by atoms with Gasteiger partial charge in [0.2, 0.25) is 0 Å². The van der Waals surface area contributed by atoms with E-state index in [9.17, 15) is 0 Å². The molecule has 2 rings (SSSR count). The van der Waals surface area contributed by atoms with Gasteiger partial charge in [0.05, 0.1) is 19.3 Å². The molecule has 1 unspecified atom stereocenters. The highest BCUT2D eigenvalue weighted by atomic mass is 79.9. The maximum Gasteiger partial charge on any atom is 0.0662 e. The van der Waals surface area contributed by atoms with Crippen LogP contribution >= 0.6 is 15.9 Å². The number of anilines is 1. The zero-order valence-electron chi connectivity index (χ0n) is 7.79. The van der Waals surface area contributed by atoms with Crippen LogP contribution in [0.2, 0.25) is 0 Å². The number of benzene rings is 1. The molecule has 76 valence electrons. The third-order valence-corrected chi connectivity index (χ3v) is 3.04. The van der Waals surface area contributed by atoms with Crippen molar-refractivity contribution in [2.45, 2.75) is 6.04 Å². The molecule has 1 aromatic carbocycles. The second-order valence-corrected chi connectivity index (χ2v) is 4.22. The Labute approximate surface area is 91.8 Å². The Bertz CT molecular complexity index is 324. The number of hydrogen-bond donors (Lipinski definition) is 2. The third-order valence-electron chi connectivity index (χ3n) is 2.35. The van der Waals surface area contributed by atoms with Gasteiger partial charge in [-0.25, -0.2) is 0 Å². The highest BCUT2D eigenvalue weighted by molar-refractivity contribution is 9.10. The molecule has 1 atom stereocenters. The van der Waals surface area contributed by atoms with Crippen LogP contribution in [0, 0.1) is 0 Å². The fourth-order valence-electron chi connectivity index (χ4n) is 1.54. The van der Waals surface area contributed by atoms with Gasteiger partial charge in [0.25, 0.3) is 0 Å². The molecule has 1 aromatic rings. The second-order valence-electron chi connectivity index (χ2n) is 3.36. The SMILES string of the molecule is Nc1ccc(C2COCCN2)cc1Br. The molecule has 1 aliphatic heterocycles. The standard InChI is InChI=1S/C10H13BrN2O/c11-8-5-7(1-2-9(8)12)10-6-14-4-3-13-10/h1-2,5,10,13H,3-4,6,12H2. The maximum absolute atomic E-state index is 5.72. The lowest BCUT2D eigenvalue weighted by atomic mass is 10.1. The molecule has 0 saturated carbocycles. The number of nitrogen functional groups attached to an aromatic ring is 1. The van der Waals surface area contributed by atoms with Crippen molar-refractivity contribution in [3.05, 3.63) is 28.2 Å². The fourth-order valence-corrected chi connectivity index (χ4v) is 1.94. The molecule has 1 heterocycles. The van der Waals surface area contributed by atoms with Gasteiger partial charge in [-0.2, -0.15) is 0 Å². The summed E-state index contributed by atoms with van der Waals surface area (Å²) < 4.78 is 6.34. The van der Waals surface area contributed by atoms with Crippen molar-refractivity contribution in [3.8, 4) is 0 Å². The normalized spacial score (nSPS) is 22.2. The molecule has 0 aromatic heterocycles. The first-order chi connectivity index (χ1) is 6.77. The van der Waals surface area contributed by atoms with Gasteiger partial charge < -0.3 is 15.8 Å². The number of rotatable bonds is 1. The summed E-state index contributed by atoms with van der Waals surface area (Å²) in [5, 5.41) is 3.40. The number of nitrogens with one attached hydrogen (secondary N) is 1. The van der Waals surface area contributed by atoms with Gasteiger partial charge in [0.1, 0.15) is 0 Å². The minimum Gasteiger partial charge on any atom is -0.398 e. The summed E-state index contributed by atoms with van der Waals surface area (Å²) in [6.07, 6.45) is 0. The van der Waals surface area contributed by atoms with Crippen molar-refractivity contribution < 1.29 is 4.74 Å². The molecule has 3 N–H and O–H groups in total. The summed E-state index contributed by atoms with van der Waals surface area (Å²) in [6, 6.07) is 6.28. The minimum atomic E-state index is 0.292. The predicted molar refractivity (Wildman–Crippen MR) is 60.1 cm³/mol. The Morgan fingerprint density at radius 2 is 2.36 bits per heavy atom.